The molecule has 1 saturated heterocycles. The molecule has 1 aliphatic heterocycles. The van der Waals surface area contributed by atoms with E-state index < -0.39 is 0 Å². The largest absolute Gasteiger partial charge is 0.328 e. The van der Waals surface area contributed by atoms with E-state index in [9.17, 15) is 0 Å². The first-order valence-electron chi connectivity index (χ1n) is 7.44. The molecule has 0 bridgehead atoms. The first-order chi connectivity index (χ1) is 9.28. The first-order valence-corrected chi connectivity index (χ1v) is 7.44. The third-order valence-corrected chi connectivity index (χ3v) is 4.06. The Morgan fingerprint density at radius 1 is 1.42 bits per heavy atom. The molecular formula is C16H23N3. The molecule has 2 aromatic rings. The average molecular weight is 257 g/mol. The third-order valence-electron chi connectivity index (χ3n) is 4.06. The highest BCUT2D eigenvalue weighted by atomic mass is 15.1. The summed E-state index contributed by atoms with van der Waals surface area (Å²) in [5.74, 6) is 2.03. The highest BCUT2D eigenvalue weighted by molar-refractivity contribution is 5.76. The fourth-order valence-electron chi connectivity index (χ4n) is 3.07. The topological polar surface area (TPSA) is 29.9 Å². The summed E-state index contributed by atoms with van der Waals surface area (Å²) in [4.78, 5) is 4.89. The summed E-state index contributed by atoms with van der Waals surface area (Å²) in [5, 5.41) is 3.45. The van der Waals surface area contributed by atoms with E-state index in [1.165, 1.54) is 23.3 Å². The molecule has 1 aliphatic rings. The second-order valence-corrected chi connectivity index (χ2v) is 5.73. The van der Waals surface area contributed by atoms with E-state index in [2.05, 4.69) is 41.9 Å². The molecule has 3 heteroatoms. The first kappa shape index (κ1) is 12.7. The van der Waals surface area contributed by atoms with Gasteiger partial charge < -0.3 is 9.88 Å². The van der Waals surface area contributed by atoms with Crippen LogP contribution in [0.1, 0.15) is 31.2 Å². The predicted molar refractivity (Wildman–Crippen MR) is 79.4 cm³/mol. The highest BCUT2D eigenvalue weighted by Crippen LogP contribution is 2.22. The zero-order valence-corrected chi connectivity index (χ0v) is 11.9. The lowest BCUT2D eigenvalue weighted by Gasteiger charge is -2.11. The van der Waals surface area contributed by atoms with Gasteiger partial charge in [0.15, 0.2) is 0 Å². The van der Waals surface area contributed by atoms with Gasteiger partial charge in [-0.15, -0.1) is 0 Å². The summed E-state index contributed by atoms with van der Waals surface area (Å²) < 4.78 is 2.42. The van der Waals surface area contributed by atoms with Crippen LogP contribution >= 0.6 is 0 Å². The SMILES string of the molecule is CCCn1c(CC2CCNC2)nc2cc(C)ccc21. The minimum Gasteiger partial charge on any atom is -0.328 e. The minimum atomic E-state index is 0.758. The van der Waals surface area contributed by atoms with Crippen molar-refractivity contribution in [3.8, 4) is 0 Å². The van der Waals surface area contributed by atoms with Crippen molar-refractivity contribution in [2.45, 2.75) is 39.7 Å². The Bertz CT molecular complexity index is 565. The van der Waals surface area contributed by atoms with Crippen LogP contribution in [0.25, 0.3) is 11.0 Å². The van der Waals surface area contributed by atoms with E-state index in [1.807, 2.05) is 0 Å². The number of nitrogens with one attached hydrogen (secondary N) is 1. The molecule has 3 rings (SSSR count). The Labute approximate surface area is 115 Å². The van der Waals surface area contributed by atoms with Gasteiger partial charge in [-0.05, 0) is 56.5 Å². The number of hydrogen-bond acceptors (Lipinski definition) is 2. The number of nitrogens with zero attached hydrogens (tertiary/aromatic N) is 2. The molecule has 1 aromatic carbocycles. The number of imidazole rings is 1. The van der Waals surface area contributed by atoms with Crippen LogP contribution in [0, 0.1) is 12.8 Å². The van der Waals surface area contributed by atoms with Crippen molar-refractivity contribution in [2.75, 3.05) is 13.1 Å². The van der Waals surface area contributed by atoms with Gasteiger partial charge in [-0.25, -0.2) is 4.98 Å². The van der Waals surface area contributed by atoms with Crippen LogP contribution in [0.5, 0.6) is 0 Å². The van der Waals surface area contributed by atoms with Crippen molar-refractivity contribution in [2.24, 2.45) is 5.92 Å². The Hall–Kier alpha value is -1.35. The Balaban J connectivity index is 1.98. The normalized spacial score (nSPS) is 19.4. The van der Waals surface area contributed by atoms with Gasteiger partial charge >= 0.3 is 0 Å². The fourth-order valence-corrected chi connectivity index (χ4v) is 3.07. The summed E-state index contributed by atoms with van der Waals surface area (Å²) in [6, 6.07) is 6.62. The number of fused-ring (bicyclic) bond motifs is 1. The number of aryl methyl sites for hydroxylation is 2. The Morgan fingerprint density at radius 3 is 3.05 bits per heavy atom. The molecule has 102 valence electrons. The minimum absolute atomic E-state index is 0.758. The number of aromatic nitrogens is 2. The summed E-state index contributed by atoms with van der Waals surface area (Å²) in [6.07, 6.45) is 3.56. The van der Waals surface area contributed by atoms with Crippen LogP contribution in [-0.4, -0.2) is 22.6 Å². The van der Waals surface area contributed by atoms with Gasteiger partial charge in [-0.2, -0.15) is 0 Å². The van der Waals surface area contributed by atoms with Crippen molar-refractivity contribution < 1.29 is 0 Å². The summed E-state index contributed by atoms with van der Waals surface area (Å²) in [6.45, 7) is 7.76. The van der Waals surface area contributed by atoms with Crippen LogP contribution in [-0.2, 0) is 13.0 Å². The van der Waals surface area contributed by atoms with Gasteiger partial charge in [0.25, 0.3) is 0 Å². The molecule has 0 spiro atoms. The number of rotatable bonds is 4. The van der Waals surface area contributed by atoms with Gasteiger partial charge in [0, 0.05) is 13.0 Å². The lowest BCUT2D eigenvalue weighted by Crippen LogP contribution is -2.14. The van der Waals surface area contributed by atoms with Crippen molar-refractivity contribution in [3.63, 3.8) is 0 Å². The van der Waals surface area contributed by atoms with Crippen molar-refractivity contribution in [1.29, 1.82) is 0 Å². The second-order valence-electron chi connectivity index (χ2n) is 5.73. The van der Waals surface area contributed by atoms with Crippen molar-refractivity contribution >= 4 is 11.0 Å². The van der Waals surface area contributed by atoms with Crippen LogP contribution in [0.3, 0.4) is 0 Å². The molecular weight excluding hydrogens is 234 g/mol. The highest BCUT2D eigenvalue weighted by Gasteiger charge is 2.19. The molecule has 3 nitrogen and oxygen atoms in total. The average Bonchev–Trinajstić information content (AvgIpc) is 2.99. The molecule has 0 aliphatic carbocycles. The fraction of sp³-hybridized carbons (Fsp3) is 0.562. The molecule has 2 heterocycles. The molecule has 0 saturated carbocycles. The van der Waals surface area contributed by atoms with E-state index in [4.69, 9.17) is 4.98 Å². The smallest absolute Gasteiger partial charge is 0.110 e. The van der Waals surface area contributed by atoms with E-state index >= 15 is 0 Å². The monoisotopic (exact) mass is 257 g/mol. The van der Waals surface area contributed by atoms with Crippen molar-refractivity contribution in [3.05, 3.63) is 29.6 Å². The van der Waals surface area contributed by atoms with Crippen LogP contribution in [0.4, 0.5) is 0 Å². The van der Waals surface area contributed by atoms with E-state index in [1.54, 1.807) is 0 Å². The molecule has 19 heavy (non-hydrogen) atoms. The Kier molecular flexibility index (Phi) is 3.56. The summed E-state index contributed by atoms with van der Waals surface area (Å²) in [5.41, 5.74) is 3.76. The van der Waals surface area contributed by atoms with Gasteiger partial charge in [0.2, 0.25) is 0 Å². The van der Waals surface area contributed by atoms with E-state index in [0.29, 0.717) is 0 Å². The summed E-state index contributed by atoms with van der Waals surface area (Å²) in [7, 11) is 0. The zero-order valence-electron chi connectivity index (χ0n) is 11.9. The van der Waals surface area contributed by atoms with Crippen LogP contribution < -0.4 is 5.32 Å². The predicted octanol–water partition coefficient (Wildman–Crippen LogP) is 2.91. The van der Waals surface area contributed by atoms with Gasteiger partial charge in [-0.3, -0.25) is 0 Å². The zero-order chi connectivity index (χ0) is 13.2. The molecule has 1 fully saturated rings. The number of benzene rings is 1. The number of hydrogen-bond donors (Lipinski definition) is 1. The van der Waals surface area contributed by atoms with Crippen molar-refractivity contribution in [1.82, 2.24) is 14.9 Å². The standard InChI is InChI=1S/C16H23N3/c1-3-8-19-15-5-4-12(2)9-14(15)18-16(19)10-13-6-7-17-11-13/h4-5,9,13,17H,3,6-8,10-11H2,1-2H3. The Morgan fingerprint density at radius 2 is 2.32 bits per heavy atom. The lowest BCUT2D eigenvalue weighted by molar-refractivity contribution is 0.535. The van der Waals surface area contributed by atoms with Gasteiger partial charge in [0.05, 0.1) is 11.0 Å². The maximum absolute atomic E-state index is 4.89. The quantitative estimate of drug-likeness (QED) is 0.912. The van der Waals surface area contributed by atoms with E-state index in [0.717, 1.165) is 43.9 Å². The van der Waals surface area contributed by atoms with E-state index in [-0.39, 0.29) is 0 Å². The van der Waals surface area contributed by atoms with Crippen LogP contribution in [0.15, 0.2) is 18.2 Å². The van der Waals surface area contributed by atoms with Crippen LogP contribution in [0.2, 0.25) is 0 Å². The maximum Gasteiger partial charge on any atom is 0.110 e. The van der Waals surface area contributed by atoms with Gasteiger partial charge in [-0.1, -0.05) is 13.0 Å². The summed E-state index contributed by atoms with van der Waals surface area (Å²) >= 11 is 0. The maximum atomic E-state index is 4.89. The molecule has 1 aromatic heterocycles. The second kappa shape index (κ2) is 5.33. The molecule has 1 unspecified atom stereocenters. The molecule has 1 atom stereocenters. The lowest BCUT2D eigenvalue weighted by atomic mass is 10.0. The molecule has 1 N–H and O–H groups in total. The molecule has 0 radical (unpaired) electrons. The third kappa shape index (κ3) is 2.52. The molecule has 0 amide bonds. The van der Waals surface area contributed by atoms with Gasteiger partial charge in [0.1, 0.15) is 5.82 Å².